The minimum atomic E-state index is -2.53. The minimum absolute atomic E-state index is 0.0494. The van der Waals surface area contributed by atoms with Gasteiger partial charge in [-0.3, -0.25) is 9.69 Å². The molecule has 34 heavy (non-hydrogen) atoms. The highest BCUT2D eigenvalue weighted by atomic mass is 19.3. The molecule has 2 saturated heterocycles. The summed E-state index contributed by atoms with van der Waals surface area (Å²) in [6.07, 6.45) is -2.53. The smallest absolute Gasteiger partial charge is 0.263 e. The first-order valence-electron chi connectivity index (χ1n) is 11.0. The molecule has 0 unspecified atom stereocenters. The molecule has 2 aliphatic heterocycles. The van der Waals surface area contributed by atoms with Crippen LogP contribution >= 0.6 is 0 Å². The maximum absolute atomic E-state index is 12.8. The third-order valence-corrected chi connectivity index (χ3v) is 6.15. The number of benzene rings is 1. The minimum Gasteiger partial charge on any atom is -0.470 e. The summed E-state index contributed by atoms with van der Waals surface area (Å²) in [5.41, 5.74) is 1.89. The second kappa shape index (κ2) is 9.29. The number of aromatic nitrogens is 5. The summed E-state index contributed by atoms with van der Waals surface area (Å²) in [5, 5.41) is 19.6. The number of carbonyl (C=O) groups excluding carboxylic acids is 1. The van der Waals surface area contributed by atoms with Gasteiger partial charge in [-0.05, 0) is 25.1 Å². The van der Waals surface area contributed by atoms with Crippen LogP contribution in [0.15, 0.2) is 36.4 Å². The highest BCUT2D eigenvalue weighted by Crippen LogP contribution is 2.22. The Hall–Kier alpha value is -3.67. The van der Waals surface area contributed by atoms with Gasteiger partial charge in [0.25, 0.3) is 6.43 Å². The topological polar surface area (TPSA) is 101 Å². The van der Waals surface area contributed by atoms with Crippen molar-refractivity contribution in [1.82, 2.24) is 35.4 Å². The molecule has 1 N–H and O–H groups in total. The number of carbonyl (C=O) groups is 1. The van der Waals surface area contributed by atoms with Crippen molar-refractivity contribution in [2.24, 2.45) is 0 Å². The first-order chi connectivity index (χ1) is 16.5. The van der Waals surface area contributed by atoms with Gasteiger partial charge in [-0.25, -0.2) is 13.5 Å². The van der Waals surface area contributed by atoms with Crippen molar-refractivity contribution in [3.8, 4) is 11.6 Å². The summed E-state index contributed by atoms with van der Waals surface area (Å²) in [6, 6.07) is 9.25. The molecule has 0 saturated carbocycles. The Morgan fingerprint density at radius 1 is 1.09 bits per heavy atom. The van der Waals surface area contributed by atoms with Gasteiger partial charge in [0, 0.05) is 44.4 Å². The van der Waals surface area contributed by atoms with Crippen molar-refractivity contribution in [1.29, 1.82) is 0 Å². The molecule has 2 fully saturated rings. The molecular formula is C22H24F2N8O2. The van der Waals surface area contributed by atoms with Crippen LogP contribution in [0.25, 0.3) is 5.69 Å². The van der Waals surface area contributed by atoms with Gasteiger partial charge in [-0.1, -0.05) is 17.3 Å². The van der Waals surface area contributed by atoms with Crippen LogP contribution in [0.3, 0.4) is 0 Å². The standard InChI is InChI=1S/C22H24F2N8O2/c1-14-18(32(29-26-14)16-4-2-15(3-5-16)21(23)24)13-34-20-7-6-19(27-28-20)31-11-10-30-9-8-25-22(33)17(30)12-31/h2-7,17,21H,8-13H2,1H3,(H,25,33)/t17-/m1/s1. The predicted octanol–water partition coefficient (Wildman–Crippen LogP) is 1.50. The fourth-order valence-corrected chi connectivity index (χ4v) is 4.20. The van der Waals surface area contributed by atoms with Crippen LogP contribution in [0.5, 0.6) is 5.88 Å². The summed E-state index contributed by atoms with van der Waals surface area (Å²) in [4.78, 5) is 16.4. The zero-order valence-corrected chi connectivity index (χ0v) is 18.6. The molecular weight excluding hydrogens is 446 g/mol. The van der Waals surface area contributed by atoms with Gasteiger partial charge in [-0.2, -0.15) is 0 Å². The Morgan fingerprint density at radius 3 is 2.65 bits per heavy atom. The summed E-state index contributed by atoms with van der Waals surface area (Å²) in [5.74, 6) is 1.07. The van der Waals surface area contributed by atoms with E-state index in [2.05, 4.69) is 35.6 Å². The van der Waals surface area contributed by atoms with Crippen molar-refractivity contribution in [2.75, 3.05) is 37.6 Å². The van der Waals surface area contributed by atoms with Gasteiger partial charge in [0.1, 0.15) is 18.3 Å². The first kappa shape index (κ1) is 22.1. The molecule has 1 amide bonds. The van der Waals surface area contributed by atoms with E-state index in [4.69, 9.17) is 4.74 Å². The molecule has 0 bridgehead atoms. The molecule has 3 aromatic rings. The highest BCUT2D eigenvalue weighted by Gasteiger charge is 2.35. The van der Waals surface area contributed by atoms with E-state index in [1.165, 1.54) is 12.1 Å². The number of piperazine rings is 2. The lowest BCUT2D eigenvalue weighted by molar-refractivity contribution is -0.129. The Kier molecular flexibility index (Phi) is 6.05. The number of aryl methyl sites for hydroxylation is 1. The Labute approximate surface area is 194 Å². The number of anilines is 1. The number of alkyl halides is 2. The monoisotopic (exact) mass is 470 g/mol. The Morgan fingerprint density at radius 2 is 1.91 bits per heavy atom. The van der Waals surface area contributed by atoms with Crippen molar-refractivity contribution in [3.05, 3.63) is 53.3 Å². The molecule has 2 aromatic heterocycles. The highest BCUT2D eigenvalue weighted by molar-refractivity contribution is 5.83. The second-order valence-electron chi connectivity index (χ2n) is 8.23. The summed E-state index contributed by atoms with van der Waals surface area (Å²) >= 11 is 0. The summed E-state index contributed by atoms with van der Waals surface area (Å²) < 4.78 is 33.1. The average molecular weight is 470 g/mol. The van der Waals surface area contributed by atoms with E-state index in [-0.39, 0.29) is 24.1 Å². The molecule has 1 aromatic carbocycles. The third kappa shape index (κ3) is 4.40. The first-order valence-corrected chi connectivity index (χ1v) is 11.0. The number of fused-ring (bicyclic) bond motifs is 1. The lowest BCUT2D eigenvalue weighted by Crippen LogP contribution is -2.64. The molecule has 0 radical (unpaired) electrons. The van der Waals surface area contributed by atoms with Crippen LogP contribution in [0, 0.1) is 6.92 Å². The average Bonchev–Trinajstić information content (AvgIpc) is 3.23. The molecule has 12 heteroatoms. The van der Waals surface area contributed by atoms with Gasteiger partial charge in [0.2, 0.25) is 11.8 Å². The molecule has 10 nitrogen and oxygen atoms in total. The van der Waals surface area contributed by atoms with Crippen molar-refractivity contribution < 1.29 is 18.3 Å². The van der Waals surface area contributed by atoms with E-state index in [9.17, 15) is 13.6 Å². The van der Waals surface area contributed by atoms with E-state index in [1.807, 2.05) is 6.07 Å². The quantitative estimate of drug-likeness (QED) is 0.579. The largest absolute Gasteiger partial charge is 0.470 e. The predicted molar refractivity (Wildman–Crippen MR) is 118 cm³/mol. The summed E-state index contributed by atoms with van der Waals surface area (Å²) in [7, 11) is 0. The van der Waals surface area contributed by atoms with Crippen LogP contribution in [0.2, 0.25) is 0 Å². The number of rotatable bonds is 6. The van der Waals surface area contributed by atoms with Crippen LogP contribution in [-0.4, -0.2) is 74.8 Å². The number of nitrogens with one attached hydrogen (secondary N) is 1. The van der Waals surface area contributed by atoms with Crippen LogP contribution in [0.1, 0.15) is 23.4 Å². The lowest BCUT2D eigenvalue weighted by Gasteiger charge is -2.43. The fourth-order valence-electron chi connectivity index (χ4n) is 4.20. The molecule has 5 rings (SSSR count). The second-order valence-corrected chi connectivity index (χ2v) is 8.23. The number of hydrogen-bond donors (Lipinski definition) is 1. The fraction of sp³-hybridized carbons (Fsp3) is 0.409. The van der Waals surface area contributed by atoms with E-state index in [1.54, 1.807) is 29.8 Å². The zero-order chi connectivity index (χ0) is 23.7. The van der Waals surface area contributed by atoms with Gasteiger partial charge in [0.15, 0.2) is 5.82 Å². The number of ether oxygens (including phenoxy) is 1. The third-order valence-electron chi connectivity index (χ3n) is 6.15. The normalized spacial score (nSPS) is 18.6. The maximum Gasteiger partial charge on any atom is 0.263 e. The number of halogens is 2. The molecule has 0 aliphatic carbocycles. The number of hydrogen-bond acceptors (Lipinski definition) is 8. The van der Waals surface area contributed by atoms with E-state index in [0.717, 1.165) is 19.6 Å². The maximum atomic E-state index is 12.8. The van der Waals surface area contributed by atoms with E-state index >= 15 is 0 Å². The Balaban J connectivity index is 1.24. The summed E-state index contributed by atoms with van der Waals surface area (Å²) in [6.45, 7) is 5.62. The Bertz CT molecular complexity index is 1150. The van der Waals surface area contributed by atoms with Crippen molar-refractivity contribution in [3.63, 3.8) is 0 Å². The molecule has 0 spiro atoms. The van der Waals surface area contributed by atoms with Crippen LogP contribution in [0.4, 0.5) is 14.6 Å². The van der Waals surface area contributed by atoms with E-state index in [0.29, 0.717) is 41.9 Å². The van der Waals surface area contributed by atoms with Gasteiger partial charge >= 0.3 is 0 Å². The lowest BCUT2D eigenvalue weighted by atomic mass is 10.1. The van der Waals surface area contributed by atoms with Crippen LogP contribution < -0.4 is 15.0 Å². The molecule has 178 valence electrons. The number of amides is 1. The van der Waals surface area contributed by atoms with Gasteiger partial charge in [0.05, 0.1) is 11.4 Å². The van der Waals surface area contributed by atoms with Gasteiger partial charge < -0.3 is 15.0 Å². The van der Waals surface area contributed by atoms with Crippen molar-refractivity contribution >= 4 is 11.7 Å². The SMILES string of the molecule is Cc1nnn(-c2ccc(C(F)F)cc2)c1COc1ccc(N2CCN3CCNC(=O)[C@H]3C2)nn1. The zero-order valence-electron chi connectivity index (χ0n) is 18.6. The van der Waals surface area contributed by atoms with Crippen molar-refractivity contribution in [2.45, 2.75) is 26.0 Å². The molecule has 1 atom stereocenters. The molecule has 2 aliphatic rings. The van der Waals surface area contributed by atoms with Crippen LogP contribution in [-0.2, 0) is 11.4 Å². The molecule has 4 heterocycles. The van der Waals surface area contributed by atoms with Gasteiger partial charge in [-0.15, -0.1) is 15.3 Å². The van der Waals surface area contributed by atoms with E-state index < -0.39 is 6.43 Å². The number of nitrogens with zero attached hydrogens (tertiary/aromatic N) is 7.